The maximum atomic E-state index is 6.26. The van der Waals surface area contributed by atoms with E-state index in [2.05, 4.69) is 26.3 Å². The first-order chi connectivity index (χ1) is 9.06. The summed E-state index contributed by atoms with van der Waals surface area (Å²) >= 11 is 15.8. The Bertz CT molecular complexity index is 563. The molecule has 3 nitrogen and oxygen atoms in total. The van der Waals surface area contributed by atoms with E-state index in [1.54, 1.807) is 6.20 Å². The average Bonchev–Trinajstić information content (AvgIpc) is 2.71. The van der Waals surface area contributed by atoms with E-state index in [0.29, 0.717) is 10.0 Å². The molecule has 6 heteroatoms. The molecule has 0 amide bonds. The van der Waals surface area contributed by atoms with Crippen molar-refractivity contribution in [2.45, 2.75) is 19.5 Å². The van der Waals surface area contributed by atoms with Gasteiger partial charge in [-0.15, -0.1) is 0 Å². The molecule has 19 heavy (non-hydrogen) atoms. The van der Waals surface area contributed by atoms with Crippen LogP contribution in [-0.2, 0) is 6.54 Å². The quantitative estimate of drug-likeness (QED) is 0.879. The second-order valence-electron chi connectivity index (χ2n) is 4.12. The molecule has 1 atom stereocenters. The molecule has 1 unspecified atom stereocenters. The maximum absolute atomic E-state index is 6.26. The lowest BCUT2D eigenvalue weighted by atomic mass is 10.0. The van der Waals surface area contributed by atoms with Crippen LogP contribution in [0, 0.1) is 0 Å². The van der Waals surface area contributed by atoms with Gasteiger partial charge in [0.05, 0.1) is 23.0 Å². The fourth-order valence-electron chi connectivity index (χ4n) is 2.11. The molecule has 0 saturated carbocycles. The van der Waals surface area contributed by atoms with Crippen molar-refractivity contribution in [2.75, 3.05) is 7.05 Å². The molecule has 0 aliphatic carbocycles. The van der Waals surface area contributed by atoms with Crippen LogP contribution in [0.4, 0.5) is 0 Å². The van der Waals surface area contributed by atoms with E-state index in [1.807, 2.05) is 36.9 Å². The summed E-state index contributed by atoms with van der Waals surface area (Å²) in [4.78, 5) is 0. The number of benzene rings is 1. The van der Waals surface area contributed by atoms with Gasteiger partial charge in [0.15, 0.2) is 0 Å². The van der Waals surface area contributed by atoms with E-state index in [0.717, 1.165) is 22.3 Å². The Hall–Kier alpha value is -0.550. The number of nitrogens with zero attached hydrogens (tertiary/aromatic N) is 2. The third-order valence-corrected chi connectivity index (χ3v) is 3.88. The van der Waals surface area contributed by atoms with Gasteiger partial charge < -0.3 is 5.32 Å². The van der Waals surface area contributed by atoms with Gasteiger partial charge in [-0.1, -0.05) is 39.1 Å². The van der Waals surface area contributed by atoms with Gasteiger partial charge in [0.25, 0.3) is 0 Å². The minimum absolute atomic E-state index is 0.0510. The van der Waals surface area contributed by atoms with Crippen LogP contribution < -0.4 is 5.32 Å². The van der Waals surface area contributed by atoms with E-state index in [-0.39, 0.29) is 6.04 Å². The number of rotatable bonds is 4. The Balaban J connectivity index is 2.52. The molecule has 0 spiro atoms. The summed E-state index contributed by atoms with van der Waals surface area (Å²) in [5.41, 5.74) is 1.99. The van der Waals surface area contributed by atoms with Gasteiger partial charge in [-0.25, -0.2) is 0 Å². The third-order valence-electron chi connectivity index (χ3n) is 2.91. The van der Waals surface area contributed by atoms with Crippen molar-refractivity contribution in [3.05, 3.63) is 50.2 Å². The van der Waals surface area contributed by atoms with Gasteiger partial charge in [0.1, 0.15) is 0 Å². The molecule has 0 bridgehead atoms. The van der Waals surface area contributed by atoms with E-state index >= 15 is 0 Å². The van der Waals surface area contributed by atoms with Crippen LogP contribution in [0.3, 0.4) is 0 Å². The zero-order valence-corrected chi connectivity index (χ0v) is 13.7. The molecular formula is C13H14BrCl2N3. The average molecular weight is 363 g/mol. The summed E-state index contributed by atoms with van der Waals surface area (Å²) < 4.78 is 2.83. The predicted molar refractivity (Wildman–Crippen MR) is 83.0 cm³/mol. The Kier molecular flexibility index (Phi) is 4.90. The van der Waals surface area contributed by atoms with Crippen LogP contribution in [0.2, 0.25) is 10.0 Å². The molecule has 1 aromatic heterocycles. The molecule has 1 heterocycles. The summed E-state index contributed by atoms with van der Waals surface area (Å²) in [6.45, 7) is 2.80. The topological polar surface area (TPSA) is 29.9 Å². The number of hydrogen-bond acceptors (Lipinski definition) is 2. The van der Waals surface area contributed by atoms with Crippen molar-refractivity contribution in [1.82, 2.24) is 15.1 Å². The summed E-state index contributed by atoms with van der Waals surface area (Å²) in [5.74, 6) is 0. The standard InChI is InChI=1S/C13H14BrCl2N3/c1-3-19-13(11(16)7-18-19)12(17-2)8-4-9(14)6-10(15)5-8/h4-7,12,17H,3H2,1-2H3. The highest BCUT2D eigenvalue weighted by Crippen LogP contribution is 2.31. The van der Waals surface area contributed by atoms with Crippen LogP contribution in [-0.4, -0.2) is 16.8 Å². The predicted octanol–water partition coefficient (Wildman–Crippen LogP) is 4.28. The molecule has 0 radical (unpaired) electrons. The summed E-state index contributed by atoms with van der Waals surface area (Å²) in [5, 5.41) is 8.87. The SMILES string of the molecule is CCn1ncc(Cl)c1C(NC)c1cc(Cl)cc(Br)c1. The lowest BCUT2D eigenvalue weighted by molar-refractivity contribution is 0.563. The normalized spacial score (nSPS) is 12.7. The van der Waals surface area contributed by atoms with Crippen molar-refractivity contribution in [2.24, 2.45) is 0 Å². The first-order valence-corrected chi connectivity index (χ1v) is 7.46. The lowest BCUT2D eigenvalue weighted by Crippen LogP contribution is -2.21. The van der Waals surface area contributed by atoms with E-state index in [4.69, 9.17) is 23.2 Å². The highest BCUT2D eigenvalue weighted by Gasteiger charge is 2.20. The molecule has 1 aromatic carbocycles. The van der Waals surface area contributed by atoms with Crippen LogP contribution in [0.5, 0.6) is 0 Å². The Morgan fingerprint density at radius 3 is 2.68 bits per heavy atom. The molecular weight excluding hydrogens is 349 g/mol. The molecule has 2 rings (SSSR count). The number of nitrogens with one attached hydrogen (secondary N) is 1. The summed E-state index contributed by atoms with van der Waals surface area (Å²) in [7, 11) is 1.89. The number of halogens is 3. The number of aromatic nitrogens is 2. The van der Waals surface area contributed by atoms with Gasteiger partial charge in [0.2, 0.25) is 0 Å². The smallest absolute Gasteiger partial charge is 0.0837 e. The molecule has 2 aromatic rings. The molecule has 1 N–H and O–H groups in total. The van der Waals surface area contributed by atoms with Crippen LogP contribution in [0.1, 0.15) is 24.2 Å². The van der Waals surface area contributed by atoms with Gasteiger partial charge in [-0.2, -0.15) is 5.10 Å². The zero-order chi connectivity index (χ0) is 14.0. The van der Waals surface area contributed by atoms with Crippen molar-refractivity contribution < 1.29 is 0 Å². The van der Waals surface area contributed by atoms with Crippen molar-refractivity contribution in [1.29, 1.82) is 0 Å². The fraction of sp³-hybridized carbons (Fsp3) is 0.308. The third kappa shape index (κ3) is 3.14. The van der Waals surface area contributed by atoms with Gasteiger partial charge in [0, 0.05) is 16.0 Å². The molecule has 0 aliphatic rings. The summed E-state index contributed by atoms with van der Waals surface area (Å²) in [6.07, 6.45) is 1.67. The van der Waals surface area contributed by atoms with Crippen molar-refractivity contribution >= 4 is 39.1 Å². The highest BCUT2D eigenvalue weighted by molar-refractivity contribution is 9.10. The molecule has 0 fully saturated rings. The van der Waals surface area contributed by atoms with Crippen molar-refractivity contribution in [3.8, 4) is 0 Å². The van der Waals surface area contributed by atoms with E-state index < -0.39 is 0 Å². The highest BCUT2D eigenvalue weighted by atomic mass is 79.9. The lowest BCUT2D eigenvalue weighted by Gasteiger charge is -2.19. The van der Waals surface area contributed by atoms with Crippen LogP contribution >= 0.6 is 39.1 Å². The van der Waals surface area contributed by atoms with Crippen LogP contribution in [0.15, 0.2) is 28.9 Å². The Morgan fingerprint density at radius 2 is 2.11 bits per heavy atom. The Labute approximate surface area is 131 Å². The molecule has 0 aliphatic heterocycles. The van der Waals surface area contributed by atoms with E-state index in [1.165, 1.54) is 0 Å². The summed E-state index contributed by atoms with van der Waals surface area (Å²) in [6, 6.07) is 5.76. The van der Waals surface area contributed by atoms with Crippen LogP contribution in [0.25, 0.3) is 0 Å². The zero-order valence-electron chi connectivity index (χ0n) is 10.6. The number of hydrogen-bond donors (Lipinski definition) is 1. The monoisotopic (exact) mass is 361 g/mol. The first kappa shape index (κ1) is 14.9. The fourth-order valence-corrected chi connectivity index (χ4v) is 3.25. The second-order valence-corrected chi connectivity index (χ2v) is 5.88. The van der Waals surface area contributed by atoms with Crippen molar-refractivity contribution in [3.63, 3.8) is 0 Å². The van der Waals surface area contributed by atoms with E-state index in [9.17, 15) is 0 Å². The second kappa shape index (κ2) is 6.27. The minimum atomic E-state index is -0.0510. The first-order valence-electron chi connectivity index (χ1n) is 5.91. The minimum Gasteiger partial charge on any atom is -0.308 e. The molecule has 102 valence electrons. The Morgan fingerprint density at radius 1 is 1.37 bits per heavy atom. The van der Waals surface area contributed by atoms with Gasteiger partial charge in [-0.05, 0) is 37.7 Å². The number of aryl methyl sites for hydroxylation is 1. The maximum Gasteiger partial charge on any atom is 0.0837 e. The van der Waals surface area contributed by atoms with Gasteiger partial charge >= 0.3 is 0 Å². The van der Waals surface area contributed by atoms with Gasteiger partial charge in [-0.3, -0.25) is 4.68 Å². The largest absolute Gasteiger partial charge is 0.308 e. The molecule has 0 saturated heterocycles.